The number of rotatable bonds is 6. The van der Waals surface area contributed by atoms with E-state index in [-0.39, 0.29) is 12.2 Å². The van der Waals surface area contributed by atoms with Crippen molar-refractivity contribution in [1.29, 1.82) is 0 Å². The van der Waals surface area contributed by atoms with Crippen molar-refractivity contribution in [2.24, 2.45) is 0 Å². The summed E-state index contributed by atoms with van der Waals surface area (Å²) in [6.07, 6.45) is -2.56. The maximum absolute atomic E-state index is 12.5. The van der Waals surface area contributed by atoms with Crippen LogP contribution in [0.2, 0.25) is 0 Å². The predicted octanol–water partition coefficient (Wildman–Crippen LogP) is 2.50. The summed E-state index contributed by atoms with van der Waals surface area (Å²) in [6.45, 7) is 1.18. The van der Waals surface area contributed by atoms with Gasteiger partial charge in [-0.2, -0.15) is 13.2 Å². The summed E-state index contributed by atoms with van der Waals surface area (Å²) in [6, 6.07) is 5.57. The molecular formula is C17H17F3N4O3. The van der Waals surface area contributed by atoms with Gasteiger partial charge in [-0.15, -0.1) is 0 Å². The molecule has 2 aromatic rings. The van der Waals surface area contributed by atoms with E-state index in [1.807, 2.05) is 0 Å². The quantitative estimate of drug-likeness (QED) is 0.773. The van der Waals surface area contributed by atoms with Crippen LogP contribution >= 0.6 is 0 Å². The van der Waals surface area contributed by atoms with Gasteiger partial charge in [-0.1, -0.05) is 0 Å². The Balaban J connectivity index is 1.87. The minimum atomic E-state index is -4.46. The Morgan fingerprint density at radius 3 is 2.33 bits per heavy atom. The third-order valence-electron chi connectivity index (χ3n) is 3.42. The zero-order valence-electron chi connectivity index (χ0n) is 14.5. The third kappa shape index (κ3) is 5.94. The summed E-state index contributed by atoms with van der Waals surface area (Å²) >= 11 is 0. The van der Waals surface area contributed by atoms with E-state index >= 15 is 0 Å². The van der Waals surface area contributed by atoms with Crippen LogP contribution in [0.1, 0.15) is 12.5 Å². The van der Waals surface area contributed by atoms with Crippen molar-refractivity contribution in [3.8, 4) is 0 Å². The van der Waals surface area contributed by atoms with Gasteiger partial charge in [-0.25, -0.2) is 9.97 Å². The van der Waals surface area contributed by atoms with Crippen LogP contribution in [0.25, 0.3) is 0 Å². The van der Waals surface area contributed by atoms with Crippen molar-refractivity contribution < 1.29 is 27.5 Å². The minimum Gasteiger partial charge on any atom is -0.451 e. The predicted molar refractivity (Wildman–Crippen MR) is 90.9 cm³/mol. The number of nitrogens with zero attached hydrogens (tertiary/aromatic N) is 3. The molecule has 0 aliphatic rings. The standard InChI is InChI=1S/C17H17F3N4O3/c1-11(27-14(25)10-24(2)16-21-8-3-9-22-16)15(26)23-13-6-4-12(5-7-13)17(18,19)20/h3-9,11H,10H2,1-2H3,(H,23,26). The normalized spacial score (nSPS) is 12.2. The van der Waals surface area contributed by atoms with E-state index in [4.69, 9.17) is 4.74 Å². The number of anilines is 2. The van der Waals surface area contributed by atoms with Crippen LogP contribution in [0.4, 0.5) is 24.8 Å². The van der Waals surface area contributed by atoms with Gasteiger partial charge in [0, 0.05) is 25.1 Å². The second-order valence-electron chi connectivity index (χ2n) is 5.60. The average molecular weight is 382 g/mol. The van der Waals surface area contributed by atoms with Crippen molar-refractivity contribution in [2.75, 3.05) is 23.8 Å². The van der Waals surface area contributed by atoms with Gasteiger partial charge in [0.15, 0.2) is 6.10 Å². The molecule has 0 spiro atoms. The van der Waals surface area contributed by atoms with E-state index in [1.54, 1.807) is 13.1 Å². The van der Waals surface area contributed by atoms with Crippen molar-refractivity contribution >= 4 is 23.5 Å². The highest BCUT2D eigenvalue weighted by Gasteiger charge is 2.30. The third-order valence-corrected chi connectivity index (χ3v) is 3.42. The molecule has 0 aliphatic carbocycles. The van der Waals surface area contributed by atoms with Crippen LogP contribution in [-0.4, -0.2) is 41.5 Å². The van der Waals surface area contributed by atoms with E-state index in [9.17, 15) is 22.8 Å². The number of alkyl halides is 3. The highest BCUT2D eigenvalue weighted by molar-refractivity contribution is 5.95. The van der Waals surface area contributed by atoms with Crippen LogP contribution < -0.4 is 10.2 Å². The molecule has 2 rings (SSSR count). The molecule has 1 amide bonds. The Kier molecular flexibility index (Phi) is 6.32. The SMILES string of the molecule is CC(OC(=O)CN(C)c1ncccn1)C(=O)Nc1ccc(C(F)(F)F)cc1. The van der Waals surface area contributed by atoms with E-state index < -0.39 is 29.7 Å². The van der Waals surface area contributed by atoms with E-state index in [0.29, 0.717) is 5.95 Å². The van der Waals surface area contributed by atoms with Crippen molar-refractivity contribution in [2.45, 2.75) is 19.2 Å². The molecule has 0 bridgehead atoms. The fourth-order valence-corrected chi connectivity index (χ4v) is 2.03. The number of hydrogen-bond donors (Lipinski definition) is 1. The summed E-state index contributed by atoms with van der Waals surface area (Å²) in [5.41, 5.74) is -0.670. The number of amides is 1. The fraction of sp³-hybridized carbons (Fsp3) is 0.294. The summed E-state index contributed by atoms with van der Waals surface area (Å²) < 4.78 is 42.6. The van der Waals surface area contributed by atoms with Crippen molar-refractivity contribution in [3.63, 3.8) is 0 Å². The molecule has 7 nitrogen and oxygen atoms in total. The molecule has 0 saturated heterocycles. The molecule has 1 atom stereocenters. The van der Waals surface area contributed by atoms with E-state index in [2.05, 4.69) is 15.3 Å². The highest BCUT2D eigenvalue weighted by Crippen LogP contribution is 2.29. The smallest absolute Gasteiger partial charge is 0.416 e. The Hall–Kier alpha value is -3.17. The number of esters is 1. The minimum absolute atomic E-state index is 0.158. The van der Waals surface area contributed by atoms with Gasteiger partial charge in [-0.05, 0) is 37.3 Å². The zero-order valence-corrected chi connectivity index (χ0v) is 14.5. The topological polar surface area (TPSA) is 84.4 Å². The summed E-state index contributed by atoms with van der Waals surface area (Å²) in [4.78, 5) is 33.4. The van der Waals surface area contributed by atoms with Gasteiger partial charge in [-0.3, -0.25) is 9.59 Å². The molecule has 0 fully saturated rings. The number of carbonyl (C=O) groups excluding carboxylic acids is 2. The number of nitrogens with one attached hydrogen (secondary N) is 1. The number of carbonyl (C=O) groups is 2. The molecule has 1 heterocycles. The number of likely N-dealkylation sites (N-methyl/N-ethyl adjacent to an activating group) is 1. The number of ether oxygens (including phenoxy) is 1. The van der Waals surface area contributed by atoms with Gasteiger partial charge >= 0.3 is 12.1 Å². The molecule has 0 aliphatic heterocycles. The zero-order chi connectivity index (χ0) is 20.0. The second kappa shape index (κ2) is 8.47. The molecular weight excluding hydrogens is 365 g/mol. The number of benzene rings is 1. The lowest BCUT2D eigenvalue weighted by Crippen LogP contribution is -2.35. The first-order chi connectivity index (χ1) is 12.7. The lowest BCUT2D eigenvalue weighted by Gasteiger charge is -2.18. The summed E-state index contributed by atoms with van der Waals surface area (Å²) in [5, 5.41) is 2.39. The summed E-state index contributed by atoms with van der Waals surface area (Å²) in [7, 11) is 1.59. The Morgan fingerprint density at radius 1 is 1.19 bits per heavy atom. The van der Waals surface area contributed by atoms with Gasteiger partial charge < -0.3 is 15.0 Å². The van der Waals surface area contributed by atoms with Gasteiger partial charge in [0.05, 0.1) is 5.56 Å². The van der Waals surface area contributed by atoms with Crippen LogP contribution in [0.5, 0.6) is 0 Å². The molecule has 1 aromatic carbocycles. The first kappa shape index (κ1) is 20.1. The Bertz CT molecular complexity index is 782. The number of hydrogen-bond acceptors (Lipinski definition) is 6. The van der Waals surface area contributed by atoms with E-state index in [0.717, 1.165) is 24.3 Å². The lowest BCUT2D eigenvalue weighted by molar-refractivity contribution is -0.151. The average Bonchev–Trinajstić information content (AvgIpc) is 2.62. The first-order valence-corrected chi connectivity index (χ1v) is 7.82. The lowest BCUT2D eigenvalue weighted by atomic mass is 10.2. The van der Waals surface area contributed by atoms with Crippen LogP contribution in [-0.2, 0) is 20.5 Å². The molecule has 0 radical (unpaired) electrons. The summed E-state index contributed by atoms with van der Waals surface area (Å²) in [5.74, 6) is -1.03. The monoisotopic (exact) mass is 382 g/mol. The second-order valence-corrected chi connectivity index (χ2v) is 5.60. The van der Waals surface area contributed by atoms with Gasteiger partial charge in [0.2, 0.25) is 5.95 Å². The van der Waals surface area contributed by atoms with Crippen LogP contribution in [0, 0.1) is 0 Å². The van der Waals surface area contributed by atoms with Crippen LogP contribution in [0.15, 0.2) is 42.7 Å². The molecule has 1 aromatic heterocycles. The maximum Gasteiger partial charge on any atom is 0.416 e. The number of aromatic nitrogens is 2. The first-order valence-electron chi connectivity index (χ1n) is 7.82. The molecule has 1 unspecified atom stereocenters. The number of halogens is 3. The largest absolute Gasteiger partial charge is 0.451 e. The molecule has 10 heteroatoms. The fourth-order valence-electron chi connectivity index (χ4n) is 2.03. The highest BCUT2D eigenvalue weighted by atomic mass is 19.4. The Morgan fingerprint density at radius 2 is 1.78 bits per heavy atom. The molecule has 1 N–H and O–H groups in total. The van der Waals surface area contributed by atoms with Crippen molar-refractivity contribution in [3.05, 3.63) is 48.3 Å². The maximum atomic E-state index is 12.5. The van der Waals surface area contributed by atoms with Crippen LogP contribution in [0.3, 0.4) is 0 Å². The molecule has 144 valence electrons. The van der Waals surface area contributed by atoms with Gasteiger partial charge in [0.25, 0.3) is 5.91 Å². The van der Waals surface area contributed by atoms with E-state index in [1.165, 1.54) is 24.2 Å². The Labute approximate surface area is 153 Å². The molecule has 0 saturated carbocycles. The van der Waals surface area contributed by atoms with Crippen molar-refractivity contribution in [1.82, 2.24) is 9.97 Å². The van der Waals surface area contributed by atoms with Gasteiger partial charge in [0.1, 0.15) is 6.54 Å². The molecule has 27 heavy (non-hydrogen) atoms.